The summed E-state index contributed by atoms with van der Waals surface area (Å²) in [5, 5.41) is 9.82. The summed E-state index contributed by atoms with van der Waals surface area (Å²) < 4.78 is 34.1. The Kier molecular flexibility index (Phi) is 6.89. The second kappa shape index (κ2) is 8.82. The maximum atomic E-state index is 12.7. The Balaban J connectivity index is 1.71. The van der Waals surface area contributed by atoms with Crippen LogP contribution in [-0.4, -0.2) is 62.9 Å². The fraction of sp³-hybridized carbons (Fsp3) is 0.647. The van der Waals surface area contributed by atoms with Gasteiger partial charge in [-0.05, 0) is 37.8 Å². The zero-order valence-corrected chi connectivity index (χ0v) is 17.2. The van der Waals surface area contributed by atoms with Gasteiger partial charge in [0.2, 0.25) is 10.0 Å². The summed E-state index contributed by atoms with van der Waals surface area (Å²) >= 11 is 12.3. The van der Waals surface area contributed by atoms with Gasteiger partial charge in [-0.1, -0.05) is 23.2 Å². The van der Waals surface area contributed by atoms with Crippen molar-refractivity contribution < 1.29 is 18.3 Å². The zero-order chi connectivity index (χ0) is 19.6. The molecule has 2 fully saturated rings. The van der Waals surface area contributed by atoms with Crippen molar-refractivity contribution in [1.29, 1.82) is 0 Å². The highest BCUT2D eigenvalue weighted by Gasteiger charge is 2.33. The second-order valence-electron chi connectivity index (χ2n) is 7.09. The van der Waals surface area contributed by atoms with Crippen molar-refractivity contribution in [3.05, 3.63) is 22.2 Å². The van der Waals surface area contributed by atoms with Gasteiger partial charge in [-0.25, -0.2) is 13.1 Å². The minimum Gasteiger partial charge on any atom is -0.489 e. The van der Waals surface area contributed by atoms with Gasteiger partial charge in [-0.2, -0.15) is 0 Å². The molecule has 1 aliphatic heterocycles. The predicted octanol–water partition coefficient (Wildman–Crippen LogP) is 1.60. The Morgan fingerprint density at radius 3 is 2.52 bits per heavy atom. The predicted molar refractivity (Wildman–Crippen MR) is 105 cm³/mol. The van der Waals surface area contributed by atoms with Gasteiger partial charge < -0.3 is 20.5 Å². The van der Waals surface area contributed by atoms with E-state index in [0.29, 0.717) is 19.4 Å². The lowest BCUT2D eigenvalue weighted by atomic mass is 10.1. The van der Waals surface area contributed by atoms with Crippen molar-refractivity contribution >= 4 is 33.2 Å². The summed E-state index contributed by atoms with van der Waals surface area (Å²) in [7, 11) is -3.81. The SMILES string of the molecule is NCC(O)CN1CCC(Oc2ccc(Cl)c(Cl)c2S(=O)(=O)NC2CC2)CC1. The van der Waals surface area contributed by atoms with Crippen molar-refractivity contribution in [1.82, 2.24) is 9.62 Å². The van der Waals surface area contributed by atoms with E-state index >= 15 is 0 Å². The standard InChI is InChI=1S/C17H25Cl2N3O4S/c18-14-3-4-15(17(16(14)19)27(24,25)21-11-1-2-11)26-13-5-7-22(8-6-13)10-12(23)9-20/h3-4,11-13,21,23H,1-2,5-10,20H2. The molecule has 1 atom stereocenters. The number of likely N-dealkylation sites (tertiary alicyclic amines) is 1. The highest BCUT2D eigenvalue weighted by Crippen LogP contribution is 2.38. The normalized spacial score (nSPS) is 20.6. The highest BCUT2D eigenvalue weighted by atomic mass is 35.5. The van der Waals surface area contributed by atoms with Crippen molar-refractivity contribution in [2.75, 3.05) is 26.2 Å². The van der Waals surface area contributed by atoms with Crippen LogP contribution in [0.2, 0.25) is 10.0 Å². The van der Waals surface area contributed by atoms with Crippen LogP contribution in [0.15, 0.2) is 17.0 Å². The van der Waals surface area contributed by atoms with Crippen molar-refractivity contribution in [2.45, 2.75) is 48.8 Å². The number of sulfonamides is 1. The summed E-state index contributed by atoms with van der Waals surface area (Å²) in [6.07, 6.45) is 2.40. The molecule has 1 saturated carbocycles. The average molecular weight is 438 g/mol. The topological polar surface area (TPSA) is 105 Å². The van der Waals surface area contributed by atoms with Crippen LogP contribution in [0.5, 0.6) is 5.75 Å². The molecule has 10 heteroatoms. The number of piperidine rings is 1. The van der Waals surface area contributed by atoms with Gasteiger partial charge in [0.05, 0.1) is 16.1 Å². The molecule has 0 radical (unpaired) electrons. The lowest BCUT2D eigenvalue weighted by molar-refractivity contribution is 0.0630. The third-order valence-corrected chi connectivity index (χ3v) is 7.25. The Morgan fingerprint density at radius 1 is 1.26 bits per heavy atom. The monoisotopic (exact) mass is 437 g/mol. The smallest absolute Gasteiger partial charge is 0.246 e. The second-order valence-corrected chi connectivity index (χ2v) is 9.53. The van der Waals surface area contributed by atoms with E-state index in [1.54, 1.807) is 12.1 Å². The van der Waals surface area contributed by atoms with Gasteiger partial charge in [0, 0.05) is 32.2 Å². The van der Waals surface area contributed by atoms with Crippen LogP contribution < -0.4 is 15.2 Å². The Bertz CT molecular complexity index is 766. The van der Waals surface area contributed by atoms with Crippen LogP contribution in [0.4, 0.5) is 0 Å². The molecular weight excluding hydrogens is 413 g/mol. The van der Waals surface area contributed by atoms with Gasteiger partial charge in [0.15, 0.2) is 0 Å². The number of benzene rings is 1. The number of hydrogen-bond donors (Lipinski definition) is 3. The fourth-order valence-electron chi connectivity index (χ4n) is 3.10. The summed E-state index contributed by atoms with van der Waals surface area (Å²) in [6.45, 7) is 2.24. The van der Waals surface area contributed by atoms with Crippen LogP contribution in [0, 0.1) is 0 Å². The van der Waals surface area contributed by atoms with Crippen LogP contribution >= 0.6 is 23.2 Å². The molecule has 3 rings (SSSR count). The number of nitrogens with zero attached hydrogens (tertiary/aromatic N) is 1. The molecule has 1 aromatic carbocycles. The molecule has 1 aliphatic carbocycles. The first kappa shape index (κ1) is 21.1. The van der Waals surface area contributed by atoms with Gasteiger partial charge >= 0.3 is 0 Å². The van der Waals surface area contributed by atoms with Crippen LogP contribution in [0.25, 0.3) is 0 Å². The molecule has 1 aromatic rings. The molecule has 0 spiro atoms. The number of hydrogen-bond acceptors (Lipinski definition) is 6. The summed E-state index contributed by atoms with van der Waals surface area (Å²) in [4.78, 5) is 2.03. The number of aliphatic hydroxyl groups excluding tert-OH is 1. The Labute approximate surface area is 169 Å². The van der Waals surface area contributed by atoms with E-state index in [9.17, 15) is 13.5 Å². The molecule has 0 aromatic heterocycles. The first-order valence-electron chi connectivity index (χ1n) is 9.07. The average Bonchev–Trinajstić information content (AvgIpc) is 3.42. The molecule has 1 heterocycles. The number of aliphatic hydroxyl groups is 1. The maximum absolute atomic E-state index is 12.7. The third kappa shape index (κ3) is 5.47. The van der Waals surface area contributed by atoms with E-state index in [0.717, 1.165) is 25.9 Å². The number of ether oxygens (including phenoxy) is 1. The van der Waals surface area contributed by atoms with Crippen LogP contribution in [0.1, 0.15) is 25.7 Å². The van der Waals surface area contributed by atoms with E-state index in [1.165, 1.54) is 0 Å². The molecule has 0 bridgehead atoms. The zero-order valence-electron chi connectivity index (χ0n) is 14.9. The molecule has 0 amide bonds. The number of β-amino-alcohol motifs (C(OH)–C–C–N with tert-alkyl or cyclic N) is 1. The number of halogens is 2. The number of nitrogens with two attached hydrogens (primary N) is 1. The maximum Gasteiger partial charge on any atom is 0.246 e. The highest BCUT2D eigenvalue weighted by molar-refractivity contribution is 7.89. The molecule has 1 saturated heterocycles. The Hall–Kier alpha value is -0.610. The molecule has 4 N–H and O–H groups in total. The molecule has 27 heavy (non-hydrogen) atoms. The van der Waals surface area contributed by atoms with Crippen LogP contribution in [-0.2, 0) is 10.0 Å². The van der Waals surface area contributed by atoms with E-state index in [1.807, 2.05) is 0 Å². The minimum absolute atomic E-state index is 0.0224. The van der Waals surface area contributed by atoms with E-state index < -0.39 is 16.1 Å². The number of rotatable bonds is 8. The van der Waals surface area contributed by atoms with E-state index in [2.05, 4.69) is 9.62 Å². The summed E-state index contributed by atoms with van der Waals surface area (Å²) in [5.74, 6) is 0.220. The van der Waals surface area contributed by atoms with Crippen LogP contribution in [0.3, 0.4) is 0 Å². The quantitative estimate of drug-likeness (QED) is 0.570. The molecule has 2 aliphatic rings. The van der Waals surface area contributed by atoms with Gasteiger partial charge in [0.1, 0.15) is 16.7 Å². The molecule has 152 valence electrons. The van der Waals surface area contributed by atoms with Gasteiger partial charge in [0.25, 0.3) is 0 Å². The molecular formula is C17H25Cl2N3O4S. The van der Waals surface area contributed by atoms with E-state index in [4.69, 9.17) is 33.7 Å². The summed E-state index contributed by atoms with van der Waals surface area (Å²) in [6, 6.07) is 3.05. The minimum atomic E-state index is -3.81. The van der Waals surface area contributed by atoms with Gasteiger partial charge in [-0.3, -0.25) is 0 Å². The lowest BCUT2D eigenvalue weighted by Gasteiger charge is -2.33. The first-order valence-corrected chi connectivity index (χ1v) is 11.3. The van der Waals surface area contributed by atoms with Crippen molar-refractivity contribution in [2.24, 2.45) is 5.73 Å². The van der Waals surface area contributed by atoms with Crippen molar-refractivity contribution in [3.8, 4) is 5.75 Å². The lowest BCUT2D eigenvalue weighted by Crippen LogP contribution is -2.43. The molecule has 7 nitrogen and oxygen atoms in total. The summed E-state index contributed by atoms with van der Waals surface area (Å²) in [5.41, 5.74) is 5.45. The fourth-order valence-corrected chi connectivity index (χ4v) is 5.29. The van der Waals surface area contributed by atoms with Gasteiger partial charge in [-0.15, -0.1) is 0 Å². The van der Waals surface area contributed by atoms with E-state index in [-0.39, 0.29) is 39.4 Å². The van der Waals surface area contributed by atoms with Crippen molar-refractivity contribution in [3.63, 3.8) is 0 Å². The third-order valence-electron chi connectivity index (χ3n) is 4.75. The molecule has 1 unspecified atom stereocenters. The number of nitrogens with one attached hydrogen (secondary N) is 1. The Morgan fingerprint density at radius 2 is 1.93 bits per heavy atom. The largest absolute Gasteiger partial charge is 0.489 e. The first-order chi connectivity index (χ1) is 12.8.